The lowest BCUT2D eigenvalue weighted by molar-refractivity contribution is 0.216. The van der Waals surface area contributed by atoms with Crippen LogP contribution in [0.4, 0.5) is 0 Å². The van der Waals surface area contributed by atoms with Gasteiger partial charge in [-0.25, -0.2) is 0 Å². The minimum absolute atomic E-state index is 0.190. The number of nitrogens with zero attached hydrogens (tertiary/aromatic N) is 3. The van der Waals surface area contributed by atoms with Crippen molar-refractivity contribution >= 4 is 37.6 Å². The predicted octanol–water partition coefficient (Wildman–Crippen LogP) is 0.858. The van der Waals surface area contributed by atoms with Crippen molar-refractivity contribution < 1.29 is 31.1 Å². The molecule has 0 amide bonds. The first kappa shape index (κ1) is 25.2. The average molecular weight is 503 g/mol. The van der Waals surface area contributed by atoms with Crippen molar-refractivity contribution in [1.29, 1.82) is 0 Å². The molecule has 4 N–H and O–H groups in total. The molecule has 3 aromatic rings. The van der Waals surface area contributed by atoms with Crippen LogP contribution >= 0.6 is 0 Å². The standard InChI is InChI=1S/C26H29B2N3O6/c32-27(33)23-9-6-7-20(15-23)17-29-36-24-12-11-22(19-31-13-4-1-5-14-31)26(16-24)37-30-18-21-8-2-3-10-25(21)28(34)35/h2-3,6-12,15-18,32-35H,1,4-5,13-14,19H2/b29-17+,30-18+/i17D,27+0,28-1,29+1. The van der Waals surface area contributed by atoms with E-state index in [1.54, 1.807) is 48.5 Å². The fraction of sp³-hybridized carbons (Fsp3) is 0.231. The summed E-state index contributed by atoms with van der Waals surface area (Å²) in [6.07, 6.45) is 4.73. The molecule has 1 aliphatic heterocycles. The Morgan fingerprint density at radius 1 is 0.865 bits per heavy atom. The lowest BCUT2D eigenvalue weighted by atomic mass is 9.26. The molecule has 0 aliphatic carbocycles. The highest BCUT2D eigenvalue weighted by Gasteiger charge is 2.16. The quantitative estimate of drug-likeness (QED) is 0.140. The highest BCUT2D eigenvalue weighted by molar-refractivity contribution is 6.60. The predicted molar refractivity (Wildman–Crippen MR) is 145 cm³/mol. The van der Waals surface area contributed by atoms with Gasteiger partial charge in [0.2, 0.25) is 0 Å². The monoisotopic (exact) mass is 502 g/mol. The van der Waals surface area contributed by atoms with Crippen molar-refractivity contribution in [3.05, 3.63) is 83.4 Å². The maximum atomic E-state index is 9.59. The summed E-state index contributed by atoms with van der Waals surface area (Å²) in [4.78, 5) is 13.6. The number of piperidine rings is 1. The molecule has 0 atom stereocenters. The van der Waals surface area contributed by atoms with Crippen LogP contribution in [0.2, 0.25) is 0 Å². The number of oxime groups is 2. The zero-order valence-electron chi connectivity index (χ0n) is 21.3. The van der Waals surface area contributed by atoms with E-state index in [0.717, 1.165) is 31.5 Å². The molecule has 1 heterocycles. The second-order valence-corrected chi connectivity index (χ2v) is 8.73. The van der Waals surface area contributed by atoms with Crippen molar-refractivity contribution in [3.8, 4) is 11.5 Å². The van der Waals surface area contributed by atoms with E-state index in [9.17, 15) is 20.1 Å². The topological polar surface area (TPSA) is 127 Å². The molecular formula is C26H29B2N3O6. The van der Waals surface area contributed by atoms with Gasteiger partial charge in [-0.1, -0.05) is 71.3 Å². The van der Waals surface area contributed by atoms with E-state index in [1.165, 1.54) is 24.8 Å². The molecule has 4 rings (SSSR count). The minimum Gasteiger partial charge on any atom is -0.423 e. The van der Waals surface area contributed by atoms with Crippen molar-refractivity contribution in [2.24, 2.45) is 10.3 Å². The zero-order chi connectivity index (χ0) is 26.9. The van der Waals surface area contributed by atoms with E-state index in [4.69, 9.17) is 11.0 Å². The molecule has 3 aromatic carbocycles. The molecule has 0 radical (unpaired) electrons. The second kappa shape index (κ2) is 13.2. The van der Waals surface area contributed by atoms with Crippen LogP contribution in [0.5, 0.6) is 11.5 Å². The van der Waals surface area contributed by atoms with Gasteiger partial charge >= 0.3 is 14.2 Å². The summed E-state index contributed by atoms with van der Waals surface area (Å²) in [7, 11) is -3.29. The lowest BCUT2D eigenvalue weighted by Gasteiger charge is -2.26. The average Bonchev–Trinajstić information content (AvgIpc) is 2.93. The van der Waals surface area contributed by atoms with Crippen LogP contribution in [0.15, 0.2) is 77.0 Å². The first-order valence-electron chi connectivity index (χ1n) is 12.6. The minimum atomic E-state index is -1.65. The summed E-state index contributed by atoms with van der Waals surface area (Å²) in [5.74, 6) is 0.769. The van der Waals surface area contributed by atoms with Gasteiger partial charge in [0.05, 0.1) is 13.8 Å². The van der Waals surface area contributed by atoms with Crippen molar-refractivity contribution in [2.75, 3.05) is 13.1 Å². The fourth-order valence-electron chi connectivity index (χ4n) is 4.07. The Kier molecular flexibility index (Phi) is 8.97. The van der Waals surface area contributed by atoms with E-state index in [-0.39, 0.29) is 11.7 Å². The molecule has 0 spiro atoms. The van der Waals surface area contributed by atoms with E-state index >= 15 is 0 Å². The Hall–Kier alpha value is -3.47. The molecule has 11 heteroatoms. The van der Waals surface area contributed by atoms with E-state index in [2.05, 4.69) is 15.2 Å². The van der Waals surface area contributed by atoms with Gasteiger partial charge in [-0.2, -0.15) is 0 Å². The van der Waals surface area contributed by atoms with E-state index < -0.39 is 14.2 Å². The number of hydrogen-bond acceptors (Lipinski definition) is 9. The van der Waals surface area contributed by atoms with Crippen LogP contribution in [-0.4, -0.2) is 64.7 Å². The summed E-state index contributed by atoms with van der Waals surface area (Å²) in [6, 6.07) is 18.2. The lowest BCUT2D eigenvalue weighted by Crippen LogP contribution is -2.32. The van der Waals surface area contributed by atoms with Gasteiger partial charge in [0.15, 0.2) is 11.5 Å². The Labute approximate surface area is 218 Å². The third-order valence-electron chi connectivity index (χ3n) is 6.01. The molecule has 1 fully saturated rings. The number of likely N-dealkylation sites (tertiary alicyclic amines) is 1. The molecule has 1 aliphatic rings. The summed E-state index contributed by atoms with van der Waals surface area (Å²) >= 11 is 0. The molecular weight excluding hydrogens is 472 g/mol. The molecule has 9 nitrogen and oxygen atoms in total. The third-order valence-corrected chi connectivity index (χ3v) is 6.01. The maximum Gasteiger partial charge on any atom is 0.489 e. The summed E-state index contributed by atoms with van der Waals surface area (Å²) in [6.45, 7) is 2.66. The molecule has 0 bridgehead atoms. The summed E-state index contributed by atoms with van der Waals surface area (Å²) in [5.41, 5.74) is 2.31. The highest BCUT2D eigenvalue weighted by Crippen LogP contribution is 2.27. The Morgan fingerprint density at radius 2 is 1.68 bits per heavy atom. The third kappa shape index (κ3) is 7.75. The zero-order valence-corrected chi connectivity index (χ0v) is 20.3. The summed E-state index contributed by atoms with van der Waals surface area (Å²) < 4.78 is 8.19. The number of benzene rings is 3. The SMILES string of the molecule is [2H]/C(=[15N]\Oc1ccc(CN2CCCCC2)c(O/N=C/c2ccccc2[10B](O)O)c1)c1cccc([11B](O)O)c1. The van der Waals surface area contributed by atoms with E-state index in [0.29, 0.717) is 34.6 Å². The van der Waals surface area contributed by atoms with Gasteiger partial charge in [-0.05, 0) is 54.1 Å². The molecule has 0 saturated carbocycles. The van der Waals surface area contributed by atoms with Gasteiger partial charge in [0.1, 0.15) is 0 Å². The normalized spacial score (nSPS) is 14.9. The number of hydrogen-bond donors (Lipinski definition) is 4. The van der Waals surface area contributed by atoms with Crippen LogP contribution in [-0.2, 0) is 6.54 Å². The second-order valence-electron chi connectivity index (χ2n) is 8.73. The smallest absolute Gasteiger partial charge is 0.423 e. The first-order chi connectivity index (χ1) is 18.4. The molecule has 0 unspecified atom stereocenters. The fourth-order valence-corrected chi connectivity index (χ4v) is 4.07. The van der Waals surface area contributed by atoms with Crippen molar-refractivity contribution in [3.63, 3.8) is 0 Å². The van der Waals surface area contributed by atoms with Gasteiger partial charge < -0.3 is 29.8 Å². The first-order valence-corrected chi connectivity index (χ1v) is 12.1. The van der Waals surface area contributed by atoms with Crippen LogP contribution in [0.25, 0.3) is 0 Å². The van der Waals surface area contributed by atoms with Crippen LogP contribution in [0, 0.1) is 0 Å². The van der Waals surface area contributed by atoms with Crippen LogP contribution in [0.1, 0.15) is 37.3 Å². The van der Waals surface area contributed by atoms with Gasteiger partial charge in [0.25, 0.3) is 0 Å². The summed E-state index contributed by atoms with van der Waals surface area (Å²) in [5, 5.41) is 45.9. The molecule has 190 valence electrons. The number of rotatable bonds is 10. The van der Waals surface area contributed by atoms with E-state index in [1.807, 2.05) is 6.07 Å². The molecule has 0 aromatic heterocycles. The molecule has 37 heavy (non-hydrogen) atoms. The van der Waals surface area contributed by atoms with Crippen molar-refractivity contribution in [1.82, 2.24) is 4.90 Å². The van der Waals surface area contributed by atoms with Gasteiger partial charge in [-0.3, -0.25) is 4.90 Å². The van der Waals surface area contributed by atoms with Crippen molar-refractivity contribution in [2.45, 2.75) is 25.8 Å². The molecule has 1 saturated heterocycles. The van der Waals surface area contributed by atoms with Crippen LogP contribution < -0.4 is 20.6 Å². The Balaban J connectivity index is 1.54. The maximum absolute atomic E-state index is 9.59. The largest absolute Gasteiger partial charge is 0.489 e. The van der Waals surface area contributed by atoms with Crippen LogP contribution in [0.3, 0.4) is 0 Å². The Bertz CT molecular complexity index is 1290. The Morgan fingerprint density at radius 3 is 2.46 bits per heavy atom. The highest BCUT2D eigenvalue weighted by atomic mass is 16.8. The van der Waals surface area contributed by atoms with Gasteiger partial charge in [-0.15, -0.1) is 0 Å². The van der Waals surface area contributed by atoms with Gasteiger partial charge in [0, 0.05) is 18.2 Å².